The van der Waals surface area contributed by atoms with Crippen LogP contribution in [-0.4, -0.2) is 33.9 Å². The normalized spacial score (nSPS) is 22.6. The van der Waals surface area contributed by atoms with Gasteiger partial charge in [-0.2, -0.15) is 0 Å². The number of nitrogen functional groups attached to an aromatic ring is 1. The van der Waals surface area contributed by atoms with Crippen molar-refractivity contribution in [3.63, 3.8) is 0 Å². The van der Waals surface area contributed by atoms with E-state index in [-0.39, 0.29) is 33.9 Å². The van der Waals surface area contributed by atoms with Gasteiger partial charge in [-0.15, -0.1) is 12.8 Å². The molecule has 4 atom stereocenters. The van der Waals surface area contributed by atoms with Crippen molar-refractivity contribution in [3.8, 4) is 30.4 Å². The average molecular weight is 400 g/mol. The van der Waals surface area contributed by atoms with Crippen molar-refractivity contribution in [2.24, 2.45) is 5.92 Å². The van der Waals surface area contributed by atoms with Gasteiger partial charge in [0.1, 0.15) is 11.9 Å². The van der Waals surface area contributed by atoms with E-state index < -0.39 is 29.6 Å². The minimum absolute atomic E-state index is 0.0382. The maximum atomic E-state index is 13.4. The fraction of sp³-hybridized carbons (Fsp3) is 0.250. The van der Waals surface area contributed by atoms with E-state index in [2.05, 4.69) is 17.2 Å². The number of carbonyl (C=O) groups excluding carboxylic acids is 2. The molecule has 0 fully saturated rings. The highest BCUT2D eigenvalue weighted by Crippen LogP contribution is 2.48. The molecule has 0 spiro atoms. The first-order valence-corrected chi connectivity index (χ1v) is 9.59. The van der Waals surface area contributed by atoms with Crippen LogP contribution >= 0.6 is 0 Å². The van der Waals surface area contributed by atoms with E-state index in [1.54, 1.807) is 6.07 Å². The highest BCUT2D eigenvalue weighted by atomic mass is 16.3. The highest BCUT2D eigenvalue weighted by molar-refractivity contribution is 6.31. The number of fused-ring (bicyclic) bond motifs is 4. The minimum Gasteiger partial charge on any atom is -0.507 e. The van der Waals surface area contributed by atoms with Crippen LogP contribution in [0.3, 0.4) is 0 Å². The second kappa shape index (κ2) is 6.95. The predicted octanol–water partition coefficient (Wildman–Crippen LogP) is 2.28. The van der Waals surface area contributed by atoms with Crippen LogP contribution in [0.25, 0.3) is 0 Å². The standard InChI is InChI=1S/C24H20N2O4/c1-4-12-16(5-2)26-22-15(19(12)17(27)6-3)10-18(28)20-21(22)23(29)13-8-7-11(25)9-14(13)24(20)30/h2-3,7-10,12,16-17,19,26-28H,4,25H2,1H3. The van der Waals surface area contributed by atoms with Gasteiger partial charge in [0.05, 0.1) is 22.9 Å². The predicted molar refractivity (Wildman–Crippen MR) is 113 cm³/mol. The molecule has 150 valence electrons. The van der Waals surface area contributed by atoms with E-state index in [1.807, 2.05) is 6.92 Å². The second-order valence-corrected chi connectivity index (χ2v) is 7.57. The summed E-state index contributed by atoms with van der Waals surface area (Å²) >= 11 is 0. The van der Waals surface area contributed by atoms with E-state index in [1.165, 1.54) is 18.2 Å². The molecule has 1 aliphatic heterocycles. The van der Waals surface area contributed by atoms with Crippen LogP contribution in [0.15, 0.2) is 24.3 Å². The summed E-state index contributed by atoms with van der Waals surface area (Å²) in [7, 11) is 0. The number of benzene rings is 2. The Morgan fingerprint density at radius 1 is 1.17 bits per heavy atom. The Hall–Kier alpha value is -3.74. The largest absolute Gasteiger partial charge is 0.507 e. The van der Waals surface area contributed by atoms with Crippen molar-refractivity contribution in [3.05, 3.63) is 52.1 Å². The van der Waals surface area contributed by atoms with Gasteiger partial charge in [0.2, 0.25) is 0 Å². The number of aliphatic hydroxyl groups excluding tert-OH is 1. The zero-order valence-corrected chi connectivity index (χ0v) is 16.3. The van der Waals surface area contributed by atoms with Crippen LogP contribution in [0.1, 0.15) is 56.7 Å². The SMILES string of the molecule is C#CC(O)C1c2cc(O)c3c(c2NC(C#C)C1CC)C(=O)c1ccc(N)cc1C3=O. The third kappa shape index (κ3) is 2.58. The molecular formula is C24H20N2O4. The van der Waals surface area contributed by atoms with Crippen molar-refractivity contribution in [1.82, 2.24) is 0 Å². The van der Waals surface area contributed by atoms with Crippen molar-refractivity contribution >= 4 is 22.9 Å². The lowest BCUT2D eigenvalue weighted by Gasteiger charge is -2.41. The molecule has 6 heteroatoms. The van der Waals surface area contributed by atoms with Gasteiger partial charge >= 0.3 is 0 Å². The molecule has 2 aromatic rings. The number of terminal acetylenes is 2. The Morgan fingerprint density at radius 3 is 2.50 bits per heavy atom. The third-order valence-electron chi connectivity index (χ3n) is 6.03. The van der Waals surface area contributed by atoms with Gasteiger partial charge < -0.3 is 21.3 Å². The number of aromatic hydroxyl groups is 1. The molecule has 0 bridgehead atoms. The first-order chi connectivity index (χ1) is 14.3. The zero-order chi connectivity index (χ0) is 21.7. The molecule has 4 rings (SSSR count). The molecule has 30 heavy (non-hydrogen) atoms. The number of hydrogen-bond acceptors (Lipinski definition) is 6. The molecular weight excluding hydrogens is 380 g/mol. The molecule has 6 nitrogen and oxygen atoms in total. The Labute approximate surface area is 174 Å². The van der Waals surface area contributed by atoms with Crippen molar-refractivity contribution in [2.45, 2.75) is 31.4 Å². The number of nitrogens with one attached hydrogen (secondary N) is 1. The first kappa shape index (κ1) is 19.6. The number of phenolic OH excluding ortho intramolecular Hbond substituents is 1. The highest BCUT2D eigenvalue weighted by Gasteiger charge is 2.44. The number of ketones is 2. The van der Waals surface area contributed by atoms with Crippen molar-refractivity contribution in [2.75, 3.05) is 11.1 Å². The topological polar surface area (TPSA) is 113 Å². The molecule has 0 saturated carbocycles. The quantitative estimate of drug-likeness (QED) is 0.298. The number of rotatable bonds is 2. The Bertz CT molecular complexity index is 1190. The summed E-state index contributed by atoms with van der Waals surface area (Å²) in [4.78, 5) is 26.5. The fourth-order valence-corrected chi connectivity index (χ4v) is 4.64. The van der Waals surface area contributed by atoms with Crippen LogP contribution in [0.4, 0.5) is 11.4 Å². The summed E-state index contributed by atoms with van der Waals surface area (Å²) in [6.45, 7) is 1.92. The Balaban J connectivity index is 2.03. The molecule has 0 aromatic heterocycles. The number of aliphatic hydroxyl groups is 1. The zero-order valence-electron chi connectivity index (χ0n) is 16.3. The van der Waals surface area contributed by atoms with E-state index in [0.29, 0.717) is 23.4 Å². The molecule has 0 radical (unpaired) electrons. The Morgan fingerprint density at radius 2 is 1.87 bits per heavy atom. The van der Waals surface area contributed by atoms with Gasteiger partial charge in [-0.1, -0.05) is 18.8 Å². The molecule has 4 unspecified atom stereocenters. The van der Waals surface area contributed by atoms with Gasteiger partial charge in [-0.3, -0.25) is 9.59 Å². The van der Waals surface area contributed by atoms with E-state index >= 15 is 0 Å². The van der Waals surface area contributed by atoms with Crippen LogP contribution in [0, 0.1) is 30.6 Å². The summed E-state index contributed by atoms with van der Waals surface area (Å²) < 4.78 is 0. The number of phenols is 1. The first-order valence-electron chi connectivity index (χ1n) is 9.59. The monoisotopic (exact) mass is 400 g/mol. The summed E-state index contributed by atoms with van der Waals surface area (Å²) in [5.41, 5.74) is 7.18. The number of carbonyl (C=O) groups is 2. The molecule has 0 saturated heterocycles. The van der Waals surface area contributed by atoms with Crippen molar-refractivity contribution in [1.29, 1.82) is 0 Å². The lowest BCUT2D eigenvalue weighted by Crippen LogP contribution is -2.42. The van der Waals surface area contributed by atoms with Gasteiger partial charge in [-0.05, 0) is 36.2 Å². The minimum atomic E-state index is -1.18. The molecule has 0 amide bonds. The summed E-state index contributed by atoms with van der Waals surface area (Å²) in [5, 5.41) is 24.5. The lowest BCUT2D eigenvalue weighted by molar-refractivity contribution is 0.0976. The van der Waals surface area contributed by atoms with Crippen molar-refractivity contribution < 1.29 is 19.8 Å². The van der Waals surface area contributed by atoms with Crippen LogP contribution < -0.4 is 11.1 Å². The van der Waals surface area contributed by atoms with Gasteiger partial charge in [-0.25, -0.2) is 0 Å². The van der Waals surface area contributed by atoms with Crippen LogP contribution in [0.2, 0.25) is 0 Å². The fourth-order valence-electron chi connectivity index (χ4n) is 4.64. The maximum Gasteiger partial charge on any atom is 0.198 e. The number of anilines is 2. The smallest absolute Gasteiger partial charge is 0.198 e. The molecule has 5 N–H and O–H groups in total. The maximum absolute atomic E-state index is 13.4. The second-order valence-electron chi connectivity index (χ2n) is 7.57. The lowest BCUT2D eigenvalue weighted by atomic mass is 9.70. The summed E-state index contributed by atoms with van der Waals surface area (Å²) in [5.74, 6) is 2.88. The number of nitrogens with two attached hydrogens (primary N) is 1. The summed E-state index contributed by atoms with van der Waals surface area (Å²) in [6.07, 6.45) is 10.7. The van der Waals surface area contributed by atoms with Gasteiger partial charge in [0, 0.05) is 28.7 Å². The number of hydrogen-bond donors (Lipinski definition) is 4. The summed E-state index contributed by atoms with van der Waals surface area (Å²) in [6, 6.07) is 5.34. The third-order valence-corrected chi connectivity index (χ3v) is 6.03. The van der Waals surface area contributed by atoms with E-state index in [0.717, 1.165) is 0 Å². The van der Waals surface area contributed by atoms with E-state index in [4.69, 9.17) is 18.6 Å². The molecule has 2 aromatic carbocycles. The van der Waals surface area contributed by atoms with E-state index in [9.17, 15) is 19.8 Å². The molecule has 1 heterocycles. The molecule has 1 aliphatic carbocycles. The van der Waals surface area contributed by atoms with Gasteiger partial charge in [0.15, 0.2) is 11.6 Å². The average Bonchev–Trinajstić information content (AvgIpc) is 2.74. The Kier molecular flexibility index (Phi) is 4.53. The molecule has 2 aliphatic rings. The van der Waals surface area contributed by atoms with Gasteiger partial charge in [0.25, 0.3) is 0 Å². The van der Waals surface area contributed by atoms with Crippen LogP contribution in [-0.2, 0) is 0 Å². The van der Waals surface area contributed by atoms with Crippen LogP contribution in [0.5, 0.6) is 5.75 Å².